The number of nitriles is 1. The number of para-hydroxylation sites is 5. The van der Waals surface area contributed by atoms with Crippen molar-refractivity contribution in [2.75, 3.05) is 0 Å². The molecule has 68 heavy (non-hydrogen) atoms. The van der Waals surface area contributed by atoms with E-state index in [2.05, 4.69) is 170 Å². The van der Waals surface area contributed by atoms with Crippen molar-refractivity contribution in [2.45, 2.75) is 0 Å². The first-order valence-corrected chi connectivity index (χ1v) is 22.8. The van der Waals surface area contributed by atoms with Crippen LogP contribution in [0.5, 0.6) is 0 Å². The van der Waals surface area contributed by atoms with Crippen molar-refractivity contribution in [1.29, 1.82) is 5.26 Å². The van der Waals surface area contributed by atoms with Crippen molar-refractivity contribution in [3.05, 3.63) is 194 Å². The summed E-state index contributed by atoms with van der Waals surface area (Å²) in [5.74, 6) is 1.50. The number of rotatable bonds is 6. The molecule has 13 aromatic rings. The van der Waals surface area contributed by atoms with E-state index >= 15 is 0 Å². The van der Waals surface area contributed by atoms with Crippen LogP contribution in [0, 0.1) is 11.3 Å². The first kappa shape index (κ1) is 39.4. The van der Waals surface area contributed by atoms with Gasteiger partial charge in [0, 0.05) is 49.1 Å². The number of nitrogens with zero attached hydrogens (tertiary/aromatic N) is 6. The van der Waals surface area contributed by atoms with E-state index in [9.17, 15) is 5.26 Å². The van der Waals surface area contributed by atoms with E-state index < -0.39 is 0 Å². The molecule has 10 heteroatoms. The third kappa shape index (κ3) is 5.86. The summed E-state index contributed by atoms with van der Waals surface area (Å²) in [5, 5.41) is 18.0. The zero-order valence-corrected chi connectivity index (χ0v) is 37.5. The lowest BCUT2D eigenvalue weighted by Gasteiger charge is -2.22. The topological polar surface area (TPSA) is 85.5 Å². The summed E-state index contributed by atoms with van der Waals surface area (Å²) in [6.45, 7) is 0. The van der Waals surface area contributed by atoms with E-state index in [1.807, 2.05) is 56.4 Å². The minimum atomic E-state index is 0.487. The summed E-state index contributed by atoms with van der Waals surface area (Å²) in [5.41, 5.74) is 15.7. The van der Waals surface area contributed by atoms with Crippen molar-refractivity contribution in [2.24, 2.45) is 0 Å². The molecular formula is C58H37B3N6O. The summed E-state index contributed by atoms with van der Waals surface area (Å²) >= 11 is 0. The fourth-order valence-corrected chi connectivity index (χ4v) is 10.6. The number of aromatic nitrogens is 5. The second-order valence-electron chi connectivity index (χ2n) is 17.5. The van der Waals surface area contributed by atoms with Crippen molar-refractivity contribution in [3.63, 3.8) is 0 Å². The van der Waals surface area contributed by atoms with Gasteiger partial charge in [-0.05, 0) is 53.6 Å². The Kier molecular flexibility index (Phi) is 8.89. The molecule has 0 amide bonds. The SMILES string of the molecule is Bc1c(B)c(-n2c3ccccc3c3ccc4c(c5ccccc5n4-c4ccccc4)c32)c(C#N)c(B)c1-c1nc(-c2ccc(-c3ccccc3)cc2)nc(-c2cccc3c2oc2ccccc23)n1. The van der Waals surface area contributed by atoms with E-state index in [4.69, 9.17) is 19.4 Å². The van der Waals surface area contributed by atoms with Crippen LogP contribution in [0.15, 0.2) is 192 Å². The molecule has 0 atom stereocenters. The van der Waals surface area contributed by atoms with Gasteiger partial charge in [0.05, 0.1) is 38.9 Å². The highest BCUT2D eigenvalue weighted by atomic mass is 16.3. The van der Waals surface area contributed by atoms with Crippen LogP contribution < -0.4 is 16.4 Å². The third-order valence-electron chi connectivity index (χ3n) is 13.9. The lowest BCUT2D eigenvalue weighted by atomic mass is 9.69. The van der Waals surface area contributed by atoms with Gasteiger partial charge in [-0.2, -0.15) is 5.26 Å². The number of benzene rings is 9. The molecule has 0 radical (unpaired) electrons. The monoisotopic (exact) mass is 866 g/mol. The molecule has 9 aromatic carbocycles. The molecule has 0 saturated heterocycles. The smallest absolute Gasteiger partial charge is 0.167 e. The number of fused-ring (bicyclic) bond motifs is 10. The van der Waals surface area contributed by atoms with Crippen LogP contribution in [-0.4, -0.2) is 47.6 Å². The number of hydrogen-bond acceptors (Lipinski definition) is 5. The Bertz CT molecular complexity index is 4250. The molecule has 13 rings (SSSR count). The first-order chi connectivity index (χ1) is 33.5. The predicted molar refractivity (Wildman–Crippen MR) is 287 cm³/mol. The third-order valence-corrected chi connectivity index (χ3v) is 13.9. The summed E-state index contributed by atoms with van der Waals surface area (Å²) < 4.78 is 11.2. The summed E-state index contributed by atoms with van der Waals surface area (Å²) in [7, 11) is 6.29. The lowest BCUT2D eigenvalue weighted by Crippen LogP contribution is -2.39. The molecule has 0 N–H and O–H groups in total. The normalized spacial score (nSPS) is 11.7. The Morgan fingerprint density at radius 3 is 1.81 bits per heavy atom. The van der Waals surface area contributed by atoms with Gasteiger partial charge in [0.15, 0.2) is 17.5 Å². The lowest BCUT2D eigenvalue weighted by molar-refractivity contribution is 0.669. The van der Waals surface area contributed by atoms with Gasteiger partial charge in [-0.15, -0.1) is 0 Å². The second-order valence-corrected chi connectivity index (χ2v) is 17.5. The van der Waals surface area contributed by atoms with Crippen LogP contribution in [-0.2, 0) is 0 Å². The fraction of sp³-hybridized carbons (Fsp3) is 0. The van der Waals surface area contributed by atoms with E-state index in [-0.39, 0.29) is 0 Å². The maximum atomic E-state index is 11.5. The Labute approximate surface area is 393 Å². The van der Waals surface area contributed by atoms with Gasteiger partial charge in [-0.3, -0.25) is 0 Å². The second kappa shape index (κ2) is 15.3. The average molecular weight is 866 g/mol. The van der Waals surface area contributed by atoms with Crippen LogP contribution in [0.3, 0.4) is 0 Å². The van der Waals surface area contributed by atoms with Gasteiger partial charge in [0.1, 0.15) is 40.8 Å². The quantitative estimate of drug-likeness (QED) is 0.156. The summed E-state index contributed by atoms with van der Waals surface area (Å²) in [6.07, 6.45) is 0. The maximum absolute atomic E-state index is 11.5. The van der Waals surface area contributed by atoms with Crippen LogP contribution in [0.25, 0.3) is 122 Å². The molecule has 0 aliphatic heterocycles. The van der Waals surface area contributed by atoms with Gasteiger partial charge >= 0.3 is 0 Å². The Morgan fingerprint density at radius 2 is 1.04 bits per heavy atom. The molecular weight excluding hydrogens is 829 g/mol. The first-order valence-electron chi connectivity index (χ1n) is 22.8. The average Bonchev–Trinajstić information content (AvgIpc) is 4.06. The molecule has 7 nitrogen and oxygen atoms in total. The van der Waals surface area contributed by atoms with Crippen LogP contribution in [0.2, 0.25) is 0 Å². The predicted octanol–water partition coefficient (Wildman–Crippen LogP) is 9.28. The minimum absolute atomic E-state index is 0.487. The highest BCUT2D eigenvalue weighted by Crippen LogP contribution is 2.42. The van der Waals surface area contributed by atoms with Gasteiger partial charge in [-0.1, -0.05) is 162 Å². The Hall–Kier alpha value is -8.93. The van der Waals surface area contributed by atoms with Crippen LogP contribution in [0.4, 0.5) is 0 Å². The molecule has 4 aromatic heterocycles. The fourth-order valence-electron chi connectivity index (χ4n) is 10.6. The van der Waals surface area contributed by atoms with E-state index in [0.717, 1.165) is 116 Å². The Balaban J connectivity index is 1.08. The van der Waals surface area contributed by atoms with Crippen molar-refractivity contribution in [3.8, 4) is 62.7 Å². The van der Waals surface area contributed by atoms with Crippen LogP contribution >= 0.6 is 0 Å². The van der Waals surface area contributed by atoms with Gasteiger partial charge in [0.2, 0.25) is 0 Å². The summed E-state index contributed by atoms with van der Waals surface area (Å²) in [6, 6.07) is 67.8. The highest BCUT2D eigenvalue weighted by Gasteiger charge is 2.27. The van der Waals surface area contributed by atoms with E-state index in [1.54, 1.807) is 0 Å². The van der Waals surface area contributed by atoms with E-state index in [1.165, 1.54) is 0 Å². The van der Waals surface area contributed by atoms with E-state index in [0.29, 0.717) is 28.6 Å². The molecule has 4 heterocycles. The van der Waals surface area contributed by atoms with Crippen molar-refractivity contribution >= 4 is 105 Å². The molecule has 0 aliphatic rings. The zero-order valence-electron chi connectivity index (χ0n) is 37.5. The number of furan rings is 1. The highest BCUT2D eigenvalue weighted by molar-refractivity contribution is 6.56. The van der Waals surface area contributed by atoms with Crippen LogP contribution in [0.1, 0.15) is 5.56 Å². The molecule has 0 saturated carbocycles. The minimum Gasteiger partial charge on any atom is -0.455 e. The molecule has 0 bridgehead atoms. The van der Waals surface area contributed by atoms with Crippen molar-refractivity contribution < 1.29 is 4.42 Å². The molecule has 314 valence electrons. The van der Waals surface area contributed by atoms with Gasteiger partial charge in [0.25, 0.3) is 0 Å². The molecule has 0 spiro atoms. The summed E-state index contributed by atoms with van der Waals surface area (Å²) in [4.78, 5) is 15.8. The van der Waals surface area contributed by atoms with Gasteiger partial charge < -0.3 is 13.6 Å². The maximum Gasteiger partial charge on any atom is 0.167 e. The Morgan fingerprint density at radius 1 is 0.441 bits per heavy atom. The molecule has 0 aliphatic carbocycles. The van der Waals surface area contributed by atoms with Gasteiger partial charge in [-0.25, -0.2) is 15.0 Å². The standard InChI is InChI=1S/C58H37B3N6O/c59-50-43(32-62)54(67-44-23-10-7-18-37(44)39-30-31-46-48(53(39)67)41-20-8-11-24-45(41)66(46)36-16-5-2-6-17-36)52(61)51(60)49(50)58-64-56(35-28-26-34(27-29-35)33-14-3-1-4-15-33)63-57(65-58)42-22-13-21-40-38-19-9-12-25-47(38)68-55(40)42/h1-31H,59-61H2. The largest absolute Gasteiger partial charge is 0.455 e. The molecule has 0 fully saturated rings. The zero-order chi connectivity index (χ0) is 45.6. The van der Waals surface area contributed by atoms with Crippen molar-refractivity contribution in [1.82, 2.24) is 24.1 Å². The number of hydrogen-bond donors (Lipinski definition) is 0. The molecule has 0 unspecified atom stereocenters.